The molecule has 1 aromatic carbocycles. The van der Waals surface area contributed by atoms with Crippen molar-refractivity contribution < 1.29 is 18.7 Å². The van der Waals surface area contributed by atoms with E-state index in [9.17, 15) is 4.79 Å². The molecule has 134 valence electrons. The van der Waals surface area contributed by atoms with Gasteiger partial charge in [0.15, 0.2) is 5.69 Å². The Bertz CT molecular complexity index is 860. The number of hydrogen-bond acceptors (Lipinski definition) is 7. The highest BCUT2D eigenvalue weighted by Crippen LogP contribution is 2.21. The molecular weight excluding hydrogens is 336 g/mol. The molecule has 1 amide bonds. The number of rotatable bonds is 7. The molecule has 3 rings (SSSR count). The minimum Gasteiger partial charge on any atom is -0.497 e. The van der Waals surface area contributed by atoms with Gasteiger partial charge in [-0.15, -0.1) is 10.2 Å². The highest BCUT2D eigenvalue weighted by atomic mass is 16.5. The second kappa shape index (κ2) is 8.11. The molecule has 0 fully saturated rings. The van der Waals surface area contributed by atoms with Gasteiger partial charge in [-0.3, -0.25) is 4.79 Å². The van der Waals surface area contributed by atoms with E-state index < -0.39 is 0 Å². The first-order valence-corrected chi connectivity index (χ1v) is 7.94. The first-order valence-electron chi connectivity index (χ1n) is 7.94. The predicted octanol–water partition coefficient (Wildman–Crippen LogP) is 2.12. The number of carbonyl (C=O) groups is 1. The number of nitrogens with zero attached hydrogens (tertiary/aromatic N) is 3. The summed E-state index contributed by atoms with van der Waals surface area (Å²) in [5.74, 6) is 1.34. The standard InChI is InChI=1S/C18H18N4O4/c1-24-14-5-3-12(4-6-14)18-20-13(11-26-18)9-10-19-17(23)15-7-8-16(25-2)22-21-15/h3-8,11H,9-10H2,1-2H3,(H,19,23). The van der Waals surface area contributed by atoms with Gasteiger partial charge in [-0.2, -0.15) is 0 Å². The predicted molar refractivity (Wildman–Crippen MR) is 93.1 cm³/mol. The molecule has 0 saturated heterocycles. The molecule has 0 aliphatic rings. The third-order valence-electron chi connectivity index (χ3n) is 3.64. The maximum Gasteiger partial charge on any atom is 0.271 e. The number of hydrogen-bond donors (Lipinski definition) is 1. The Morgan fingerprint density at radius 3 is 2.54 bits per heavy atom. The molecule has 0 saturated carbocycles. The maximum atomic E-state index is 12.0. The lowest BCUT2D eigenvalue weighted by Crippen LogP contribution is -2.26. The average Bonchev–Trinajstić information content (AvgIpc) is 3.17. The van der Waals surface area contributed by atoms with Gasteiger partial charge in [0.25, 0.3) is 5.91 Å². The molecule has 0 spiro atoms. The van der Waals surface area contributed by atoms with Crippen LogP contribution in [0.5, 0.6) is 11.6 Å². The van der Waals surface area contributed by atoms with Crippen molar-refractivity contribution in [3.63, 3.8) is 0 Å². The number of carbonyl (C=O) groups excluding carboxylic acids is 1. The van der Waals surface area contributed by atoms with Gasteiger partial charge in [0, 0.05) is 24.6 Å². The van der Waals surface area contributed by atoms with Gasteiger partial charge in [-0.25, -0.2) is 4.98 Å². The van der Waals surface area contributed by atoms with Crippen molar-refractivity contribution in [1.29, 1.82) is 0 Å². The molecule has 8 nitrogen and oxygen atoms in total. The van der Waals surface area contributed by atoms with Crippen LogP contribution >= 0.6 is 0 Å². The fourth-order valence-corrected chi connectivity index (χ4v) is 2.23. The summed E-state index contributed by atoms with van der Waals surface area (Å²) in [6, 6.07) is 10.6. The largest absolute Gasteiger partial charge is 0.497 e. The normalized spacial score (nSPS) is 10.4. The Morgan fingerprint density at radius 1 is 1.08 bits per heavy atom. The lowest BCUT2D eigenvalue weighted by Gasteiger charge is -2.03. The second-order valence-corrected chi connectivity index (χ2v) is 5.34. The van der Waals surface area contributed by atoms with Crippen molar-refractivity contribution in [3.8, 4) is 23.1 Å². The van der Waals surface area contributed by atoms with Crippen molar-refractivity contribution in [3.05, 3.63) is 54.0 Å². The van der Waals surface area contributed by atoms with Crippen LogP contribution in [0, 0.1) is 0 Å². The monoisotopic (exact) mass is 354 g/mol. The average molecular weight is 354 g/mol. The topological polar surface area (TPSA) is 99.4 Å². The van der Waals surface area contributed by atoms with E-state index in [1.807, 2.05) is 24.3 Å². The van der Waals surface area contributed by atoms with Gasteiger partial charge in [-0.05, 0) is 30.3 Å². The molecule has 3 aromatic rings. The second-order valence-electron chi connectivity index (χ2n) is 5.34. The molecule has 0 aliphatic heterocycles. The number of ether oxygens (including phenoxy) is 2. The zero-order chi connectivity index (χ0) is 18.4. The van der Waals surface area contributed by atoms with E-state index in [1.54, 1.807) is 25.5 Å². The lowest BCUT2D eigenvalue weighted by molar-refractivity contribution is 0.0948. The number of nitrogens with one attached hydrogen (secondary N) is 1. The molecule has 0 aliphatic carbocycles. The Morgan fingerprint density at radius 2 is 1.88 bits per heavy atom. The summed E-state index contributed by atoms with van der Waals surface area (Å²) >= 11 is 0. The van der Waals surface area contributed by atoms with E-state index in [1.165, 1.54) is 7.11 Å². The van der Waals surface area contributed by atoms with Crippen molar-refractivity contribution in [1.82, 2.24) is 20.5 Å². The Kier molecular flexibility index (Phi) is 5.43. The van der Waals surface area contributed by atoms with Crippen LogP contribution in [0.15, 0.2) is 47.1 Å². The smallest absolute Gasteiger partial charge is 0.271 e. The van der Waals surface area contributed by atoms with Gasteiger partial charge in [0.05, 0.1) is 19.9 Å². The van der Waals surface area contributed by atoms with Crippen molar-refractivity contribution >= 4 is 5.91 Å². The third-order valence-corrected chi connectivity index (χ3v) is 3.64. The van der Waals surface area contributed by atoms with Gasteiger partial charge in [0.1, 0.15) is 12.0 Å². The van der Waals surface area contributed by atoms with Gasteiger partial charge < -0.3 is 19.2 Å². The number of amides is 1. The van der Waals surface area contributed by atoms with Crippen LogP contribution in [0.4, 0.5) is 0 Å². The van der Waals surface area contributed by atoms with Crippen LogP contribution < -0.4 is 14.8 Å². The first-order chi connectivity index (χ1) is 12.7. The van der Waals surface area contributed by atoms with E-state index in [0.29, 0.717) is 24.7 Å². The molecule has 0 unspecified atom stereocenters. The zero-order valence-electron chi connectivity index (χ0n) is 14.4. The quantitative estimate of drug-likeness (QED) is 0.694. The van der Waals surface area contributed by atoms with Gasteiger partial charge in [-0.1, -0.05) is 0 Å². The highest BCUT2D eigenvalue weighted by Gasteiger charge is 2.10. The van der Waals surface area contributed by atoms with Crippen molar-refractivity contribution in [2.24, 2.45) is 0 Å². The van der Waals surface area contributed by atoms with E-state index in [-0.39, 0.29) is 11.6 Å². The molecule has 0 radical (unpaired) electrons. The summed E-state index contributed by atoms with van der Waals surface area (Å²) in [6.07, 6.45) is 2.12. The minimum atomic E-state index is -0.306. The van der Waals surface area contributed by atoms with Crippen LogP contribution in [-0.2, 0) is 6.42 Å². The maximum absolute atomic E-state index is 12.0. The van der Waals surface area contributed by atoms with Crippen LogP contribution in [0.1, 0.15) is 16.2 Å². The Balaban J connectivity index is 1.53. The van der Waals surface area contributed by atoms with Crippen molar-refractivity contribution in [2.75, 3.05) is 20.8 Å². The number of oxazole rings is 1. The van der Waals surface area contributed by atoms with Gasteiger partial charge >= 0.3 is 0 Å². The molecule has 8 heteroatoms. The summed E-state index contributed by atoms with van der Waals surface area (Å²) in [6.45, 7) is 0.404. The summed E-state index contributed by atoms with van der Waals surface area (Å²) < 4.78 is 15.5. The van der Waals surface area contributed by atoms with Gasteiger partial charge in [0.2, 0.25) is 11.8 Å². The van der Waals surface area contributed by atoms with E-state index in [4.69, 9.17) is 13.9 Å². The SMILES string of the molecule is COc1ccc(-c2nc(CCNC(=O)c3ccc(OC)nn3)co2)cc1. The minimum absolute atomic E-state index is 0.227. The van der Waals surface area contributed by atoms with E-state index >= 15 is 0 Å². The summed E-state index contributed by atoms with van der Waals surface area (Å²) in [7, 11) is 3.10. The Labute approximate surface area is 150 Å². The molecule has 2 heterocycles. The fraction of sp³-hybridized carbons (Fsp3) is 0.222. The number of benzene rings is 1. The fourth-order valence-electron chi connectivity index (χ4n) is 2.23. The molecule has 26 heavy (non-hydrogen) atoms. The molecule has 2 aromatic heterocycles. The number of aromatic nitrogens is 3. The first kappa shape index (κ1) is 17.4. The van der Waals surface area contributed by atoms with Crippen LogP contribution in [0.2, 0.25) is 0 Å². The highest BCUT2D eigenvalue weighted by molar-refractivity contribution is 5.92. The molecular formula is C18H18N4O4. The summed E-state index contributed by atoms with van der Waals surface area (Å²) in [4.78, 5) is 16.4. The van der Waals surface area contributed by atoms with Crippen LogP contribution in [0.3, 0.4) is 0 Å². The summed E-state index contributed by atoms with van der Waals surface area (Å²) in [5, 5.41) is 10.3. The van der Waals surface area contributed by atoms with E-state index in [0.717, 1.165) is 17.0 Å². The van der Waals surface area contributed by atoms with Crippen molar-refractivity contribution in [2.45, 2.75) is 6.42 Å². The van der Waals surface area contributed by atoms with E-state index in [2.05, 4.69) is 20.5 Å². The lowest BCUT2D eigenvalue weighted by atomic mass is 10.2. The number of methoxy groups -OCH3 is 2. The summed E-state index contributed by atoms with van der Waals surface area (Å²) in [5.41, 5.74) is 1.83. The molecule has 0 atom stereocenters. The van der Waals surface area contributed by atoms with Crippen LogP contribution in [-0.4, -0.2) is 41.9 Å². The molecule has 1 N–H and O–H groups in total. The Hall–Kier alpha value is -3.42. The third kappa shape index (κ3) is 4.15. The molecule has 0 bridgehead atoms. The zero-order valence-corrected chi connectivity index (χ0v) is 14.4. The van der Waals surface area contributed by atoms with Crippen LogP contribution in [0.25, 0.3) is 11.5 Å².